The molecule has 0 aromatic heterocycles. The Bertz CT molecular complexity index is 1180. The van der Waals surface area contributed by atoms with Crippen LogP contribution in [0, 0.1) is 0 Å². The third kappa shape index (κ3) is 7.10. The molecule has 12 heteroatoms. The van der Waals surface area contributed by atoms with Gasteiger partial charge >= 0.3 is 12.4 Å². The molecule has 3 N–H and O–H groups in total. The van der Waals surface area contributed by atoms with Gasteiger partial charge in [-0.2, -0.15) is 26.3 Å². The Balaban J connectivity index is 1.26. The van der Waals surface area contributed by atoms with Crippen LogP contribution in [0.1, 0.15) is 58.6 Å². The van der Waals surface area contributed by atoms with Crippen molar-refractivity contribution < 1.29 is 41.0 Å². The van der Waals surface area contributed by atoms with Gasteiger partial charge in [-0.15, -0.1) is 0 Å². The average molecular weight is 558 g/mol. The van der Waals surface area contributed by atoms with Gasteiger partial charge in [0.15, 0.2) is 0 Å². The van der Waals surface area contributed by atoms with E-state index in [1.807, 2.05) is 4.90 Å². The predicted molar refractivity (Wildman–Crippen MR) is 130 cm³/mol. The second-order valence-electron chi connectivity index (χ2n) is 10.0. The molecule has 2 fully saturated rings. The molecule has 39 heavy (non-hydrogen) atoms. The van der Waals surface area contributed by atoms with E-state index in [4.69, 9.17) is 0 Å². The molecule has 6 nitrogen and oxygen atoms in total. The van der Waals surface area contributed by atoms with Gasteiger partial charge in [-0.1, -0.05) is 24.3 Å². The lowest BCUT2D eigenvalue weighted by atomic mass is 9.79. The van der Waals surface area contributed by atoms with Crippen LogP contribution in [-0.4, -0.2) is 59.6 Å². The molecular weight excluding hydrogens is 528 g/mol. The number of likely N-dealkylation sites (tertiary alicyclic amines) is 1. The molecule has 1 aliphatic carbocycles. The highest BCUT2D eigenvalue weighted by Gasteiger charge is 2.39. The Morgan fingerprint density at radius 1 is 0.897 bits per heavy atom. The molecule has 1 saturated carbocycles. The molecule has 2 amide bonds. The van der Waals surface area contributed by atoms with E-state index in [9.17, 15) is 41.0 Å². The first-order valence-electron chi connectivity index (χ1n) is 12.7. The number of rotatable bonds is 6. The second-order valence-corrected chi connectivity index (χ2v) is 10.0. The first-order chi connectivity index (χ1) is 18.3. The van der Waals surface area contributed by atoms with E-state index < -0.39 is 54.0 Å². The Hall–Kier alpha value is -3.12. The summed E-state index contributed by atoms with van der Waals surface area (Å²) in [6, 6.07) is 8.91. The highest BCUT2D eigenvalue weighted by Crippen LogP contribution is 2.41. The quantitative estimate of drug-likeness (QED) is 0.462. The fraction of sp³-hybridized carbons (Fsp3) is 0.481. The van der Waals surface area contributed by atoms with Crippen LogP contribution in [0.15, 0.2) is 48.5 Å². The number of β-amino-alcohol motifs (C(OH)–C–C–N with tert-alkyl or cyclic N) is 1. The van der Waals surface area contributed by atoms with E-state index >= 15 is 0 Å². The van der Waals surface area contributed by atoms with E-state index in [-0.39, 0.29) is 24.1 Å². The SMILES string of the molecule is O=C(CNC(=O)c1cccc(C(F)(F)F)c1)N[C@H]1CN(C2CCC(c3ccccc3C(F)(F)F)CC2)C[C@@H]1O. The minimum absolute atomic E-state index is 0.0523. The summed E-state index contributed by atoms with van der Waals surface area (Å²) in [5.41, 5.74) is -1.51. The maximum Gasteiger partial charge on any atom is 0.416 e. The lowest BCUT2D eigenvalue weighted by molar-refractivity contribution is -0.139. The van der Waals surface area contributed by atoms with Gasteiger partial charge in [0, 0.05) is 24.7 Å². The minimum atomic E-state index is -4.61. The summed E-state index contributed by atoms with van der Waals surface area (Å²) < 4.78 is 78.9. The number of aliphatic hydroxyl groups is 1. The molecule has 0 radical (unpaired) electrons. The summed E-state index contributed by atoms with van der Waals surface area (Å²) in [6.45, 7) is 0.140. The van der Waals surface area contributed by atoms with Crippen molar-refractivity contribution >= 4 is 11.8 Å². The summed E-state index contributed by atoms with van der Waals surface area (Å²) in [5, 5.41) is 15.4. The number of amides is 2. The van der Waals surface area contributed by atoms with Crippen molar-refractivity contribution in [2.75, 3.05) is 19.6 Å². The van der Waals surface area contributed by atoms with E-state index in [1.165, 1.54) is 18.2 Å². The molecule has 2 aromatic rings. The number of benzene rings is 2. The van der Waals surface area contributed by atoms with Gasteiger partial charge in [-0.3, -0.25) is 14.5 Å². The molecule has 0 spiro atoms. The molecule has 0 unspecified atom stereocenters. The molecule has 1 heterocycles. The Morgan fingerprint density at radius 3 is 2.26 bits per heavy atom. The Kier molecular flexibility index (Phi) is 8.55. The van der Waals surface area contributed by atoms with Crippen molar-refractivity contribution in [3.63, 3.8) is 0 Å². The number of aliphatic hydroxyl groups excluding tert-OH is 1. The standard InChI is InChI=1S/C27H29F6N3O3/c28-26(29,30)18-5-3-4-17(12-18)25(39)34-13-24(38)35-22-14-36(15-23(22)37)19-10-8-16(9-11-19)20-6-1-2-7-21(20)27(31,32)33/h1-7,12,16,19,22-23,37H,8-11,13-15H2,(H,34,39)(H,35,38)/t16?,19?,22-,23-/m0/s1. The van der Waals surface area contributed by atoms with Crippen molar-refractivity contribution in [1.29, 1.82) is 0 Å². The molecule has 2 atom stereocenters. The van der Waals surface area contributed by atoms with E-state index in [0.29, 0.717) is 43.9 Å². The molecule has 212 valence electrons. The van der Waals surface area contributed by atoms with Crippen LogP contribution in [0.4, 0.5) is 26.3 Å². The number of halogens is 6. The van der Waals surface area contributed by atoms with E-state index in [2.05, 4.69) is 10.6 Å². The van der Waals surface area contributed by atoms with Gasteiger partial charge in [0.05, 0.1) is 29.8 Å². The number of nitrogens with zero attached hydrogens (tertiary/aromatic N) is 1. The van der Waals surface area contributed by atoms with E-state index in [0.717, 1.165) is 18.2 Å². The normalized spacial score (nSPS) is 24.4. The number of alkyl halides is 6. The first kappa shape index (κ1) is 28.9. The van der Waals surface area contributed by atoms with E-state index in [1.54, 1.807) is 6.07 Å². The molecule has 4 rings (SSSR count). The van der Waals surface area contributed by atoms with Crippen molar-refractivity contribution in [3.8, 4) is 0 Å². The minimum Gasteiger partial charge on any atom is -0.390 e. The topological polar surface area (TPSA) is 81.7 Å². The highest BCUT2D eigenvalue weighted by molar-refractivity contribution is 5.96. The van der Waals surface area contributed by atoms with Gasteiger partial charge in [0.1, 0.15) is 0 Å². The zero-order chi connectivity index (χ0) is 28.4. The summed E-state index contributed by atoms with van der Waals surface area (Å²) in [6.07, 6.45) is -7.45. The monoisotopic (exact) mass is 557 g/mol. The van der Waals surface area contributed by atoms with Gasteiger partial charge in [-0.05, 0) is 61.4 Å². The lowest BCUT2D eigenvalue weighted by Gasteiger charge is -2.35. The van der Waals surface area contributed by atoms with Crippen molar-refractivity contribution in [1.82, 2.24) is 15.5 Å². The Labute approximate surface area is 221 Å². The van der Waals surface area contributed by atoms with Gasteiger partial charge in [0.25, 0.3) is 5.91 Å². The lowest BCUT2D eigenvalue weighted by Crippen LogP contribution is -2.47. The van der Waals surface area contributed by atoms with Crippen molar-refractivity contribution in [3.05, 3.63) is 70.8 Å². The number of hydrogen-bond acceptors (Lipinski definition) is 4. The molecule has 2 aliphatic rings. The third-order valence-electron chi connectivity index (χ3n) is 7.44. The van der Waals surface area contributed by atoms with Crippen LogP contribution >= 0.6 is 0 Å². The average Bonchev–Trinajstić information content (AvgIpc) is 3.26. The molecule has 1 saturated heterocycles. The highest BCUT2D eigenvalue weighted by atomic mass is 19.4. The molecule has 0 bridgehead atoms. The van der Waals surface area contributed by atoms with Crippen molar-refractivity contribution in [2.45, 2.75) is 62.1 Å². The third-order valence-corrected chi connectivity index (χ3v) is 7.44. The first-order valence-corrected chi connectivity index (χ1v) is 12.7. The number of carbonyl (C=O) groups is 2. The molecule has 1 aliphatic heterocycles. The van der Waals surface area contributed by atoms with Gasteiger partial charge < -0.3 is 15.7 Å². The van der Waals surface area contributed by atoms with Crippen LogP contribution in [-0.2, 0) is 17.1 Å². The number of carbonyl (C=O) groups excluding carboxylic acids is 2. The number of hydrogen-bond donors (Lipinski definition) is 3. The van der Waals surface area contributed by atoms with Gasteiger partial charge in [0.2, 0.25) is 5.91 Å². The molecular formula is C27H29F6N3O3. The maximum absolute atomic E-state index is 13.4. The smallest absolute Gasteiger partial charge is 0.390 e. The zero-order valence-electron chi connectivity index (χ0n) is 20.9. The summed E-state index contributed by atoms with van der Waals surface area (Å²) >= 11 is 0. The summed E-state index contributed by atoms with van der Waals surface area (Å²) in [5.74, 6) is -1.65. The van der Waals surface area contributed by atoms with Crippen LogP contribution in [0.5, 0.6) is 0 Å². The largest absolute Gasteiger partial charge is 0.416 e. The van der Waals surface area contributed by atoms with Crippen LogP contribution in [0.2, 0.25) is 0 Å². The molecule has 2 aromatic carbocycles. The maximum atomic E-state index is 13.4. The van der Waals surface area contributed by atoms with Gasteiger partial charge in [-0.25, -0.2) is 0 Å². The summed E-state index contributed by atoms with van der Waals surface area (Å²) in [7, 11) is 0. The Morgan fingerprint density at radius 2 is 1.59 bits per heavy atom. The summed E-state index contributed by atoms with van der Waals surface area (Å²) in [4.78, 5) is 26.6. The zero-order valence-corrected chi connectivity index (χ0v) is 20.9. The van der Waals surface area contributed by atoms with Crippen LogP contribution < -0.4 is 10.6 Å². The van der Waals surface area contributed by atoms with Crippen LogP contribution in [0.3, 0.4) is 0 Å². The van der Waals surface area contributed by atoms with Crippen molar-refractivity contribution in [2.24, 2.45) is 0 Å². The predicted octanol–water partition coefficient (Wildman–Crippen LogP) is 4.34. The number of nitrogens with one attached hydrogen (secondary N) is 2. The fourth-order valence-electron chi connectivity index (χ4n) is 5.48. The fourth-order valence-corrected chi connectivity index (χ4v) is 5.48. The second kappa shape index (κ2) is 11.5. The van der Waals surface area contributed by atoms with Crippen LogP contribution in [0.25, 0.3) is 0 Å².